The van der Waals surface area contributed by atoms with Gasteiger partial charge in [-0.15, -0.1) is 0 Å². The van der Waals surface area contributed by atoms with Crippen LogP contribution in [0.5, 0.6) is 11.5 Å². The maximum absolute atomic E-state index is 12.3. The van der Waals surface area contributed by atoms with Crippen molar-refractivity contribution >= 4 is 46.4 Å². The number of nitrogens with one attached hydrogen (secondary N) is 2. The zero-order chi connectivity index (χ0) is 18.0. The zero-order valence-electron chi connectivity index (χ0n) is 13.1. The zero-order valence-corrected chi connectivity index (χ0v) is 14.6. The minimum absolute atomic E-state index is 0.0238. The number of rotatable bonds is 4. The van der Waals surface area contributed by atoms with Gasteiger partial charge in [0, 0.05) is 5.69 Å². The van der Waals surface area contributed by atoms with Gasteiger partial charge in [0.15, 0.2) is 12.7 Å². The van der Waals surface area contributed by atoms with Gasteiger partial charge in [-0.3, -0.25) is 9.59 Å². The molecule has 1 atom stereocenters. The first-order valence-electron chi connectivity index (χ1n) is 7.42. The van der Waals surface area contributed by atoms with Gasteiger partial charge in [-0.2, -0.15) is 0 Å². The second kappa shape index (κ2) is 7.21. The molecule has 3 rings (SSSR count). The van der Waals surface area contributed by atoms with E-state index in [0.717, 1.165) is 0 Å². The minimum Gasteiger partial charge on any atom is -0.482 e. The normalized spacial score (nSPS) is 14.0. The van der Waals surface area contributed by atoms with Crippen molar-refractivity contribution in [3.8, 4) is 11.5 Å². The van der Waals surface area contributed by atoms with Gasteiger partial charge in [0.2, 0.25) is 0 Å². The average Bonchev–Trinajstić information content (AvgIpc) is 2.58. The SMILES string of the molecule is CC(Oc1cccc(Cl)c1Cl)C(=O)Nc1ccc2c(c1)NC(=O)CO2. The Morgan fingerprint density at radius 1 is 1.32 bits per heavy atom. The van der Waals surface area contributed by atoms with Crippen LogP contribution >= 0.6 is 23.2 Å². The van der Waals surface area contributed by atoms with Gasteiger partial charge in [0.1, 0.15) is 16.5 Å². The van der Waals surface area contributed by atoms with Crippen molar-refractivity contribution in [3.05, 3.63) is 46.4 Å². The number of anilines is 2. The van der Waals surface area contributed by atoms with Crippen molar-refractivity contribution < 1.29 is 19.1 Å². The van der Waals surface area contributed by atoms with Crippen LogP contribution in [0.4, 0.5) is 11.4 Å². The van der Waals surface area contributed by atoms with Crippen molar-refractivity contribution in [2.45, 2.75) is 13.0 Å². The predicted octanol–water partition coefficient (Wildman–Crippen LogP) is 3.73. The molecule has 0 spiro atoms. The fraction of sp³-hybridized carbons (Fsp3) is 0.176. The van der Waals surface area contributed by atoms with E-state index in [1.165, 1.54) is 0 Å². The molecule has 0 saturated carbocycles. The molecule has 0 bridgehead atoms. The Balaban J connectivity index is 1.68. The number of ether oxygens (including phenoxy) is 2. The number of hydrogen-bond acceptors (Lipinski definition) is 4. The third kappa shape index (κ3) is 3.97. The van der Waals surface area contributed by atoms with Gasteiger partial charge < -0.3 is 20.1 Å². The lowest BCUT2D eigenvalue weighted by atomic mass is 10.2. The monoisotopic (exact) mass is 380 g/mol. The second-order valence-corrected chi connectivity index (χ2v) is 6.13. The van der Waals surface area contributed by atoms with Crippen LogP contribution in [0.25, 0.3) is 0 Å². The summed E-state index contributed by atoms with van der Waals surface area (Å²) >= 11 is 12.0. The van der Waals surface area contributed by atoms with Crippen LogP contribution in [-0.2, 0) is 9.59 Å². The number of benzene rings is 2. The lowest BCUT2D eigenvalue weighted by Gasteiger charge is -2.19. The maximum Gasteiger partial charge on any atom is 0.265 e. The van der Waals surface area contributed by atoms with Crippen molar-refractivity contribution in [2.75, 3.05) is 17.2 Å². The largest absolute Gasteiger partial charge is 0.482 e. The molecule has 1 aliphatic rings. The molecule has 0 aromatic heterocycles. The molecular weight excluding hydrogens is 367 g/mol. The smallest absolute Gasteiger partial charge is 0.265 e. The Hall–Kier alpha value is -2.44. The average molecular weight is 381 g/mol. The standard InChI is InChI=1S/C17H14Cl2N2O4/c1-9(25-14-4-2-3-11(18)16(14)19)17(23)20-10-5-6-13-12(7-10)21-15(22)8-24-13/h2-7,9H,8H2,1H3,(H,20,23)(H,21,22). The quantitative estimate of drug-likeness (QED) is 0.846. The first-order valence-corrected chi connectivity index (χ1v) is 8.18. The van der Waals surface area contributed by atoms with E-state index in [0.29, 0.717) is 27.9 Å². The molecule has 130 valence electrons. The first-order chi connectivity index (χ1) is 11.9. The third-order valence-corrected chi connectivity index (χ3v) is 4.27. The number of halogens is 2. The van der Waals surface area contributed by atoms with E-state index in [9.17, 15) is 9.59 Å². The van der Waals surface area contributed by atoms with Crippen LogP contribution in [0.15, 0.2) is 36.4 Å². The van der Waals surface area contributed by atoms with Crippen LogP contribution in [0.1, 0.15) is 6.92 Å². The highest BCUT2D eigenvalue weighted by atomic mass is 35.5. The van der Waals surface area contributed by atoms with Crippen LogP contribution in [0, 0.1) is 0 Å². The van der Waals surface area contributed by atoms with Gasteiger partial charge in [-0.1, -0.05) is 29.3 Å². The molecule has 1 heterocycles. The first kappa shape index (κ1) is 17.4. The Morgan fingerprint density at radius 3 is 2.92 bits per heavy atom. The van der Waals surface area contributed by atoms with Crippen molar-refractivity contribution in [2.24, 2.45) is 0 Å². The van der Waals surface area contributed by atoms with Crippen LogP contribution < -0.4 is 20.1 Å². The summed E-state index contributed by atoms with van der Waals surface area (Å²) in [7, 11) is 0. The summed E-state index contributed by atoms with van der Waals surface area (Å²) in [5.41, 5.74) is 1.00. The van der Waals surface area contributed by atoms with E-state index < -0.39 is 6.10 Å². The Kier molecular flexibility index (Phi) is 5.01. The fourth-order valence-corrected chi connectivity index (χ4v) is 2.56. The summed E-state index contributed by atoms with van der Waals surface area (Å²) in [5.74, 6) is 0.248. The van der Waals surface area contributed by atoms with E-state index in [-0.39, 0.29) is 23.4 Å². The molecule has 0 radical (unpaired) electrons. The highest BCUT2D eigenvalue weighted by molar-refractivity contribution is 6.42. The molecule has 2 aromatic carbocycles. The molecule has 2 amide bonds. The van der Waals surface area contributed by atoms with E-state index in [1.807, 2.05) is 0 Å². The third-order valence-electron chi connectivity index (χ3n) is 3.47. The fourth-order valence-electron chi connectivity index (χ4n) is 2.22. The Morgan fingerprint density at radius 2 is 2.12 bits per heavy atom. The van der Waals surface area contributed by atoms with Crippen LogP contribution in [0.2, 0.25) is 10.0 Å². The Bertz CT molecular complexity index is 841. The van der Waals surface area contributed by atoms with Gasteiger partial charge in [-0.05, 0) is 37.3 Å². The molecule has 0 aliphatic carbocycles. The van der Waals surface area contributed by atoms with Crippen molar-refractivity contribution in [1.82, 2.24) is 0 Å². The maximum atomic E-state index is 12.3. The summed E-state index contributed by atoms with van der Waals surface area (Å²) < 4.78 is 10.8. The molecular formula is C17H14Cl2N2O4. The lowest BCUT2D eigenvalue weighted by Crippen LogP contribution is -2.30. The lowest BCUT2D eigenvalue weighted by molar-refractivity contribution is -0.122. The van der Waals surface area contributed by atoms with Gasteiger partial charge in [0.05, 0.1) is 10.7 Å². The molecule has 0 fully saturated rings. The van der Waals surface area contributed by atoms with Gasteiger partial charge in [0.25, 0.3) is 11.8 Å². The topological polar surface area (TPSA) is 76.7 Å². The van der Waals surface area contributed by atoms with E-state index in [1.54, 1.807) is 43.3 Å². The van der Waals surface area contributed by atoms with Crippen LogP contribution in [-0.4, -0.2) is 24.5 Å². The van der Waals surface area contributed by atoms with Crippen LogP contribution in [0.3, 0.4) is 0 Å². The van der Waals surface area contributed by atoms with E-state index >= 15 is 0 Å². The summed E-state index contributed by atoms with van der Waals surface area (Å²) in [4.78, 5) is 23.7. The number of hydrogen-bond donors (Lipinski definition) is 2. The molecule has 1 aliphatic heterocycles. The molecule has 6 nitrogen and oxygen atoms in total. The molecule has 0 saturated heterocycles. The molecule has 2 aromatic rings. The summed E-state index contributed by atoms with van der Waals surface area (Å²) in [6.45, 7) is 1.57. The molecule has 25 heavy (non-hydrogen) atoms. The van der Waals surface area contributed by atoms with E-state index in [2.05, 4.69) is 10.6 Å². The predicted molar refractivity (Wildman–Crippen MR) is 95.7 cm³/mol. The second-order valence-electron chi connectivity index (χ2n) is 5.35. The van der Waals surface area contributed by atoms with E-state index in [4.69, 9.17) is 32.7 Å². The molecule has 8 heteroatoms. The van der Waals surface area contributed by atoms with Gasteiger partial charge >= 0.3 is 0 Å². The van der Waals surface area contributed by atoms with Crippen molar-refractivity contribution in [1.29, 1.82) is 0 Å². The number of carbonyl (C=O) groups excluding carboxylic acids is 2. The summed E-state index contributed by atoms with van der Waals surface area (Å²) in [6.07, 6.45) is -0.808. The van der Waals surface area contributed by atoms with Gasteiger partial charge in [-0.25, -0.2) is 0 Å². The summed E-state index contributed by atoms with van der Waals surface area (Å²) in [6, 6.07) is 9.90. The number of fused-ring (bicyclic) bond motifs is 1. The molecule has 1 unspecified atom stereocenters. The summed E-state index contributed by atoms with van der Waals surface area (Å²) in [5, 5.41) is 5.98. The number of amides is 2. The number of carbonyl (C=O) groups is 2. The highest BCUT2D eigenvalue weighted by Gasteiger charge is 2.19. The van der Waals surface area contributed by atoms with Crippen molar-refractivity contribution in [3.63, 3.8) is 0 Å². The molecule has 2 N–H and O–H groups in total. The minimum atomic E-state index is -0.808. The highest BCUT2D eigenvalue weighted by Crippen LogP contribution is 2.33. The Labute approximate surface area is 154 Å².